The Morgan fingerprint density at radius 1 is 1.47 bits per heavy atom. The minimum Gasteiger partial charge on any atom is -0.399 e. The van der Waals surface area contributed by atoms with Crippen molar-refractivity contribution in [1.82, 2.24) is 4.98 Å². The second kappa shape index (κ2) is 5.68. The molecule has 3 N–H and O–H groups in total. The first kappa shape index (κ1) is 12.6. The Morgan fingerprint density at radius 2 is 2.29 bits per heavy atom. The highest BCUT2D eigenvalue weighted by Gasteiger charge is 2.01. The fourth-order valence-corrected chi connectivity index (χ4v) is 3.00. The number of halogens is 1. The van der Waals surface area contributed by atoms with E-state index in [9.17, 15) is 0 Å². The Balaban J connectivity index is 1.90. The fourth-order valence-electron chi connectivity index (χ4n) is 1.50. The molecule has 0 aliphatic heterocycles. The molecule has 5 heteroatoms. The molecule has 1 aromatic heterocycles. The van der Waals surface area contributed by atoms with E-state index < -0.39 is 0 Å². The molecule has 0 fully saturated rings. The first-order valence-corrected chi connectivity index (χ1v) is 7.31. The number of nitrogens with one attached hydrogen (secondary N) is 1. The summed E-state index contributed by atoms with van der Waals surface area (Å²) in [5.41, 5.74) is 8.75. The molecule has 0 aliphatic carbocycles. The average Bonchev–Trinajstić information content (AvgIpc) is 2.68. The van der Waals surface area contributed by atoms with Gasteiger partial charge in [0.2, 0.25) is 0 Å². The summed E-state index contributed by atoms with van der Waals surface area (Å²) >= 11 is 4.01. The van der Waals surface area contributed by atoms with Crippen LogP contribution in [0, 0.1) is 10.5 Å². The van der Waals surface area contributed by atoms with Crippen molar-refractivity contribution < 1.29 is 0 Å². The zero-order valence-electron chi connectivity index (χ0n) is 9.53. The highest BCUT2D eigenvalue weighted by molar-refractivity contribution is 14.1. The van der Waals surface area contributed by atoms with E-state index in [4.69, 9.17) is 5.73 Å². The van der Waals surface area contributed by atoms with Gasteiger partial charge in [-0.15, -0.1) is 11.3 Å². The molecule has 0 bridgehead atoms. The van der Waals surface area contributed by atoms with E-state index in [1.165, 1.54) is 5.01 Å². The van der Waals surface area contributed by atoms with Crippen LogP contribution in [0.25, 0.3) is 0 Å². The van der Waals surface area contributed by atoms with Crippen LogP contribution in [0.2, 0.25) is 0 Å². The number of hydrogen-bond donors (Lipinski definition) is 2. The topological polar surface area (TPSA) is 50.9 Å². The van der Waals surface area contributed by atoms with Crippen molar-refractivity contribution in [2.45, 2.75) is 13.3 Å². The van der Waals surface area contributed by atoms with Crippen molar-refractivity contribution in [2.24, 2.45) is 0 Å². The van der Waals surface area contributed by atoms with E-state index in [0.717, 1.165) is 33.6 Å². The van der Waals surface area contributed by atoms with Gasteiger partial charge in [-0.3, -0.25) is 0 Å². The summed E-state index contributed by atoms with van der Waals surface area (Å²) in [5, 5.41) is 6.67. The lowest BCUT2D eigenvalue weighted by atomic mass is 10.3. The van der Waals surface area contributed by atoms with Crippen molar-refractivity contribution in [3.8, 4) is 0 Å². The zero-order chi connectivity index (χ0) is 12.3. The van der Waals surface area contributed by atoms with Crippen LogP contribution in [0.4, 0.5) is 11.4 Å². The molecular formula is C12H14IN3S. The molecule has 3 nitrogen and oxygen atoms in total. The molecule has 0 spiro atoms. The van der Waals surface area contributed by atoms with Gasteiger partial charge in [0, 0.05) is 39.0 Å². The Hall–Kier alpha value is -0.820. The summed E-state index contributed by atoms with van der Waals surface area (Å²) < 4.78 is 1.15. The maximum Gasteiger partial charge on any atom is 0.0945 e. The van der Waals surface area contributed by atoms with Gasteiger partial charge >= 0.3 is 0 Å². The maximum atomic E-state index is 5.71. The fraction of sp³-hybridized carbons (Fsp3) is 0.250. The van der Waals surface area contributed by atoms with Crippen LogP contribution in [-0.2, 0) is 6.42 Å². The number of nitrogens with zero attached hydrogens (tertiary/aromatic N) is 1. The Labute approximate surface area is 119 Å². The van der Waals surface area contributed by atoms with E-state index in [1.54, 1.807) is 11.3 Å². The van der Waals surface area contributed by atoms with Gasteiger partial charge in [0.1, 0.15) is 0 Å². The molecule has 0 aliphatic rings. The standard InChI is InChI=1S/C12H14IN3S/c1-8-7-17-12(16-8)4-5-15-11-3-2-9(14)6-10(11)13/h2-3,6-7,15H,4-5,14H2,1H3. The lowest BCUT2D eigenvalue weighted by molar-refractivity contribution is 0.986. The van der Waals surface area contributed by atoms with E-state index in [0.29, 0.717) is 0 Å². The third-order valence-electron chi connectivity index (χ3n) is 2.31. The largest absolute Gasteiger partial charge is 0.399 e. The lowest BCUT2D eigenvalue weighted by Crippen LogP contribution is -2.06. The van der Waals surface area contributed by atoms with E-state index in [-0.39, 0.29) is 0 Å². The van der Waals surface area contributed by atoms with Crippen molar-refractivity contribution in [1.29, 1.82) is 0 Å². The molecule has 2 rings (SSSR count). The van der Waals surface area contributed by atoms with Gasteiger partial charge in [0.15, 0.2) is 0 Å². The number of hydrogen-bond acceptors (Lipinski definition) is 4. The summed E-state index contributed by atoms with van der Waals surface area (Å²) in [7, 11) is 0. The second-order valence-electron chi connectivity index (χ2n) is 3.80. The van der Waals surface area contributed by atoms with Crippen LogP contribution in [0.3, 0.4) is 0 Å². The summed E-state index contributed by atoms with van der Waals surface area (Å²) in [6, 6.07) is 5.90. The molecule has 90 valence electrons. The molecule has 1 heterocycles. The number of aromatic nitrogens is 1. The quantitative estimate of drug-likeness (QED) is 0.651. The van der Waals surface area contributed by atoms with Gasteiger partial charge in [-0.2, -0.15) is 0 Å². The molecule has 0 radical (unpaired) electrons. The normalized spacial score (nSPS) is 10.5. The predicted molar refractivity (Wildman–Crippen MR) is 82.6 cm³/mol. The number of aryl methyl sites for hydroxylation is 1. The highest BCUT2D eigenvalue weighted by Crippen LogP contribution is 2.20. The van der Waals surface area contributed by atoms with Crippen LogP contribution in [0.1, 0.15) is 10.7 Å². The summed E-state index contributed by atoms with van der Waals surface area (Å²) in [6.07, 6.45) is 0.957. The van der Waals surface area contributed by atoms with Gasteiger partial charge in [-0.05, 0) is 47.7 Å². The molecule has 17 heavy (non-hydrogen) atoms. The Morgan fingerprint density at radius 3 is 2.94 bits per heavy atom. The number of rotatable bonds is 4. The Kier molecular flexibility index (Phi) is 4.22. The van der Waals surface area contributed by atoms with Gasteiger partial charge < -0.3 is 11.1 Å². The number of thiazole rings is 1. The average molecular weight is 359 g/mol. The molecule has 0 amide bonds. The predicted octanol–water partition coefficient (Wildman–Crippen LogP) is 3.29. The molecule has 0 saturated carbocycles. The minimum absolute atomic E-state index is 0.801. The van der Waals surface area contributed by atoms with E-state index >= 15 is 0 Å². The maximum absolute atomic E-state index is 5.71. The molecule has 2 aromatic rings. The van der Waals surface area contributed by atoms with Crippen molar-refractivity contribution in [2.75, 3.05) is 17.6 Å². The number of anilines is 2. The van der Waals surface area contributed by atoms with E-state index in [2.05, 4.69) is 38.3 Å². The van der Waals surface area contributed by atoms with Crippen molar-refractivity contribution in [3.63, 3.8) is 0 Å². The monoisotopic (exact) mass is 359 g/mol. The van der Waals surface area contributed by atoms with Crippen LogP contribution < -0.4 is 11.1 Å². The molecule has 0 atom stereocenters. The smallest absolute Gasteiger partial charge is 0.0945 e. The van der Waals surface area contributed by atoms with Gasteiger partial charge in [-0.1, -0.05) is 0 Å². The number of nitrogens with two attached hydrogens (primary N) is 1. The first-order chi connectivity index (χ1) is 8.15. The second-order valence-corrected chi connectivity index (χ2v) is 5.90. The summed E-state index contributed by atoms with van der Waals surface area (Å²) in [4.78, 5) is 4.44. The van der Waals surface area contributed by atoms with Crippen molar-refractivity contribution in [3.05, 3.63) is 37.9 Å². The van der Waals surface area contributed by atoms with Gasteiger partial charge in [0.25, 0.3) is 0 Å². The molecule has 0 unspecified atom stereocenters. The zero-order valence-corrected chi connectivity index (χ0v) is 12.5. The number of nitrogen functional groups attached to an aromatic ring is 1. The van der Waals surface area contributed by atoms with Crippen LogP contribution in [0.15, 0.2) is 23.6 Å². The third kappa shape index (κ3) is 3.57. The highest BCUT2D eigenvalue weighted by atomic mass is 127. The Bertz CT molecular complexity index is 510. The van der Waals surface area contributed by atoms with Crippen LogP contribution >= 0.6 is 33.9 Å². The van der Waals surface area contributed by atoms with Crippen molar-refractivity contribution >= 4 is 45.3 Å². The summed E-state index contributed by atoms with van der Waals surface area (Å²) in [5.74, 6) is 0. The minimum atomic E-state index is 0.801. The molecule has 0 saturated heterocycles. The van der Waals surface area contributed by atoms with Crippen LogP contribution in [-0.4, -0.2) is 11.5 Å². The molecular weight excluding hydrogens is 345 g/mol. The molecule has 1 aromatic carbocycles. The lowest BCUT2D eigenvalue weighted by Gasteiger charge is -2.08. The summed E-state index contributed by atoms with van der Waals surface area (Å²) in [6.45, 7) is 2.92. The third-order valence-corrected chi connectivity index (χ3v) is 4.23. The SMILES string of the molecule is Cc1csc(CCNc2ccc(N)cc2I)n1. The number of benzene rings is 1. The van der Waals surface area contributed by atoms with Gasteiger partial charge in [0.05, 0.1) is 5.01 Å². The van der Waals surface area contributed by atoms with Crippen LogP contribution in [0.5, 0.6) is 0 Å². The first-order valence-electron chi connectivity index (χ1n) is 5.35. The van der Waals surface area contributed by atoms with E-state index in [1.807, 2.05) is 25.1 Å². The van der Waals surface area contributed by atoms with Gasteiger partial charge in [-0.25, -0.2) is 4.98 Å².